The van der Waals surface area contributed by atoms with Crippen LogP contribution in [0.4, 0.5) is 0 Å². The van der Waals surface area contributed by atoms with Gasteiger partial charge in [0.25, 0.3) is 0 Å². The molecular weight excluding hydrogens is 312 g/mol. The number of nitrogens with two attached hydrogens (primary N) is 1. The molecule has 0 saturated heterocycles. The van der Waals surface area contributed by atoms with Crippen LogP contribution in [0.3, 0.4) is 0 Å². The average molecular weight is 330 g/mol. The number of carbonyl (C=O) groups is 1. The Morgan fingerprint density at radius 3 is 2.96 bits per heavy atom. The summed E-state index contributed by atoms with van der Waals surface area (Å²) in [5.41, 5.74) is 6.20. The number of carbonyl (C=O) groups excluding carboxylic acids is 1. The fourth-order valence-corrected chi connectivity index (χ4v) is 3.37. The Hall–Kier alpha value is -2.25. The minimum atomic E-state index is -0.512. The lowest BCUT2D eigenvalue weighted by Gasteiger charge is -2.09. The summed E-state index contributed by atoms with van der Waals surface area (Å²) in [5.74, 6) is 0.567. The predicted octanol–water partition coefficient (Wildman–Crippen LogP) is 1.96. The largest absolute Gasteiger partial charge is 0.391 e. The fraction of sp³-hybridized carbons (Fsp3) is 0.312. The highest BCUT2D eigenvalue weighted by Crippen LogP contribution is 2.33. The zero-order valence-corrected chi connectivity index (χ0v) is 13.6. The zero-order chi connectivity index (χ0) is 16.4. The van der Waals surface area contributed by atoms with Crippen molar-refractivity contribution in [3.8, 4) is 11.4 Å². The molecule has 0 spiro atoms. The van der Waals surface area contributed by atoms with Crippen LogP contribution >= 0.6 is 11.3 Å². The van der Waals surface area contributed by atoms with Gasteiger partial charge in [-0.05, 0) is 12.5 Å². The Balaban J connectivity index is 2.08. The van der Waals surface area contributed by atoms with Crippen molar-refractivity contribution in [2.45, 2.75) is 32.4 Å². The van der Waals surface area contributed by atoms with Gasteiger partial charge in [0.15, 0.2) is 11.6 Å². The van der Waals surface area contributed by atoms with Crippen molar-refractivity contribution in [1.29, 1.82) is 0 Å². The number of thiophene rings is 1. The minimum absolute atomic E-state index is 0.00963. The van der Waals surface area contributed by atoms with E-state index in [1.807, 2.05) is 30.5 Å². The second-order valence-corrected chi connectivity index (χ2v) is 6.30. The molecule has 1 aromatic carbocycles. The maximum Gasteiger partial charge on any atom is 0.225 e. The van der Waals surface area contributed by atoms with Gasteiger partial charge >= 0.3 is 0 Å². The van der Waals surface area contributed by atoms with Gasteiger partial charge in [-0.2, -0.15) is 5.10 Å². The van der Waals surface area contributed by atoms with E-state index in [2.05, 4.69) is 16.1 Å². The average Bonchev–Trinajstić information content (AvgIpc) is 3.10. The molecule has 1 amide bonds. The number of aromatic nitrogens is 3. The van der Waals surface area contributed by atoms with E-state index in [1.54, 1.807) is 16.0 Å². The highest BCUT2D eigenvalue weighted by Gasteiger charge is 2.18. The first-order valence-electron chi connectivity index (χ1n) is 7.45. The van der Waals surface area contributed by atoms with E-state index in [4.69, 9.17) is 5.73 Å². The molecule has 0 unspecified atom stereocenters. The first-order valence-corrected chi connectivity index (χ1v) is 8.33. The molecule has 2 heterocycles. The summed E-state index contributed by atoms with van der Waals surface area (Å²) < 4.78 is 2.82. The number of hydrogen-bond donors (Lipinski definition) is 2. The smallest absolute Gasteiger partial charge is 0.225 e. The second kappa shape index (κ2) is 6.47. The summed E-state index contributed by atoms with van der Waals surface area (Å²) in [4.78, 5) is 15.6. The monoisotopic (exact) mass is 330 g/mol. The molecule has 1 atom stereocenters. The van der Waals surface area contributed by atoms with E-state index < -0.39 is 12.0 Å². The van der Waals surface area contributed by atoms with Gasteiger partial charge in [-0.25, -0.2) is 9.67 Å². The Bertz CT molecular complexity index is 840. The Kier molecular flexibility index (Phi) is 4.40. The van der Waals surface area contributed by atoms with E-state index in [9.17, 15) is 9.90 Å². The molecule has 0 fully saturated rings. The third-order valence-electron chi connectivity index (χ3n) is 3.62. The van der Waals surface area contributed by atoms with E-state index >= 15 is 0 Å². The van der Waals surface area contributed by atoms with E-state index in [0.717, 1.165) is 15.6 Å². The maximum absolute atomic E-state index is 11.2. The number of rotatable bonds is 6. The van der Waals surface area contributed by atoms with Gasteiger partial charge in [-0.1, -0.05) is 25.1 Å². The van der Waals surface area contributed by atoms with Crippen LogP contribution in [0.5, 0.6) is 0 Å². The van der Waals surface area contributed by atoms with Crippen LogP contribution in [0, 0.1) is 0 Å². The van der Waals surface area contributed by atoms with Gasteiger partial charge in [-0.3, -0.25) is 4.79 Å². The lowest BCUT2D eigenvalue weighted by Crippen LogP contribution is -2.18. The molecule has 0 bridgehead atoms. The van der Waals surface area contributed by atoms with Crippen LogP contribution in [-0.4, -0.2) is 31.9 Å². The van der Waals surface area contributed by atoms with Crippen LogP contribution in [0.15, 0.2) is 29.6 Å². The van der Waals surface area contributed by atoms with Gasteiger partial charge < -0.3 is 10.8 Å². The standard InChI is InChI=1S/C16H18N4O2S/c1-2-10(21)8-20-16(18-15(19-20)7-14(17)22)12-9-23-13-6-4-3-5-11(12)13/h3-6,9-10,21H,2,7-8H2,1H3,(H2,17,22)/t10-/m0/s1. The maximum atomic E-state index is 11.2. The van der Waals surface area contributed by atoms with Crippen LogP contribution in [-0.2, 0) is 17.8 Å². The number of nitrogens with zero attached hydrogens (tertiary/aromatic N) is 3. The predicted molar refractivity (Wildman–Crippen MR) is 90.0 cm³/mol. The highest BCUT2D eigenvalue weighted by atomic mass is 32.1. The minimum Gasteiger partial charge on any atom is -0.391 e. The van der Waals surface area contributed by atoms with Crippen LogP contribution in [0.1, 0.15) is 19.2 Å². The molecule has 0 radical (unpaired) electrons. The third kappa shape index (κ3) is 3.25. The third-order valence-corrected chi connectivity index (χ3v) is 4.59. The first-order chi connectivity index (χ1) is 11.1. The topological polar surface area (TPSA) is 94.0 Å². The summed E-state index contributed by atoms with van der Waals surface area (Å²) in [5, 5.41) is 17.4. The number of amides is 1. The lowest BCUT2D eigenvalue weighted by atomic mass is 10.1. The first kappa shape index (κ1) is 15.6. The van der Waals surface area contributed by atoms with Crippen molar-refractivity contribution >= 4 is 27.3 Å². The Morgan fingerprint density at radius 2 is 2.22 bits per heavy atom. The van der Waals surface area contributed by atoms with Crippen molar-refractivity contribution in [3.05, 3.63) is 35.5 Å². The fourth-order valence-electron chi connectivity index (χ4n) is 2.43. The summed E-state index contributed by atoms with van der Waals surface area (Å²) in [7, 11) is 0. The van der Waals surface area contributed by atoms with Crippen molar-refractivity contribution in [3.63, 3.8) is 0 Å². The molecule has 0 saturated carbocycles. The quantitative estimate of drug-likeness (QED) is 0.722. The van der Waals surface area contributed by atoms with Crippen LogP contribution in [0.2, 0.25) is 0 Å². The zero-order valence-electron chi connectivity index (χ0n) is 12.8. The lowest BCUT2D eigenvalue weighted by molar-refractivity contribution is -0.117. The van der Waals surface area contributed by atoms with Gasteiger partial charge in [0.05, 0.1) is 19.1 Å². The number of primary amides is 1. The highest BCUT2D eigenvalue weighted by molar-refractivity contribution is 7.17. The molecule has 7 heteroatoms. The van der Waals surface area contributed by atoms with Gasteiger partial charge in [0.1, 0.15) is 0 Å². The van der Waals surface area contributed by atoms with Gasteiger partial charge in [0, 0.05) is 21.0 Å². The molecule has 23 heavy (non-hydrogen) atoms. The number of aliphatic hydroxyl groups is 1. The van der Waals surface area contributed by atoms with Crippen LogP contribution < -0.4 is 5.73 Å². The van der Waals surface area contributed by atoms with Crippen molar-refractivity contribution in [2.75, 3.05) is 0 Å². The summed E-state index contributed by atoms with van der Waals surface area (Å²) >= 11 is 1.63. The number of hydrogen-bond acceptors (Lipinski definition) is 5. The number of fused-ring (bicyclic) bond motifs is 1. The van der Waals surface area contributed by atoms with E-state index in [0.29, 0.717) is 24.6 Å². The van der Waals surface area contributed by atoms with E-state index in [-0.39, 0.29) is 6.42 Å². The molecule has 3 N–H and O–H groups in total. The number of aliphatic hydroxyl groups excluding tert-OH is 1. The van der Waals surface area contributed by atoms with Gasteiger partial charge in [-0.15, -0.1) is 11.3 Å². The molecular formula is C16H18N4O2S. The SMILES string of the molecule is CC[C@H](O)Cn1nc(CC(N)=O)nc1-c1csc2ccccc12. The molecule has 6 nitrogen and oxygen atoms in total. The van der Waals surface area contributed by atoms with Crippen molar-refractivity contribution in [2.24, 2.45) is 5.73 Å². The number of benzene rings is 1. The second-order valence-electron chi connectivity index (χ2n) is 5.38. The van der Waals surface area contributed by atoms with Crippen LogP contribution in [0.25, 0.3) is 21.5 Å². The molecule has 3 rings (SSSR count). The summed E-state index contributed by atoms with van der Waals surface area (Å²) in [6.45, 7) is 2.24. The molecule has 0 aliphatic carbocycles. The molecule has 120 valence electrons. The van der Waals surface area contributed by atoms with Gasteiger partial charge in [0.2, 0.25) is 5.91 Å². The Labute approximate surface area is 137 Å². The summed E-state index contributed by atoms with van der Waals surface area (Å²) in [6.07, 6.45) is 0.0980. The normalized spacial score (nSPS) is 12.6. The van der Waals surface area contributed by atoms with E-state index in [1.165, 1.54) is 0 Å². The molecule has 3 aromatic rings. The molecule has 0 aliphatic heterocycles. The Morgan fingerprint density at radius 1 is 1.43 bits per heavy atom. The molecule has 0 aliphatic rings. The van der Waals surface area contributed by atoms with Crippen molar-refractivity contribution < 1.29 is 9.90 Å². The van der Waals surface area contributed by atoms with Crippen molar-refractivity contribution in [1.82, 2.24) is 14.8 Å². The molecule has 2 aromatic heterocycles. The summed E-state index contributed by atoms with van der Waals surface area (Å²) in [6, 6.07) is 8.05.